The number of carbonyl (C=O) groups is 1. The van der Waals surface area contributed by atoms with Crippen LogP contribution in [0.4, 0.5) is 10.1 Å². The standard InChI is InChI=1S/C18H19FN2O4S/c1-25-18(22)17-14(19)5-3-7-16(17)26(23,24)21-15-6-2-4-11-10-12(20)8-9-13(11)15/h3,5,7-10,15,21H,2,4,6,20H2,1H3. The summed E-state index contributed by atoms with van der Waals surface area (Å²) in [5.74, 6) is -1.99. The molecule has 3 N–H and O–H groups in total. The molecule has 0 aromatic heterocycles. The van der Waals surface area contributed by atoms with Crippen LogP contribution >= 0.6 is 0 Å². The first kappa shape index (κ1) is 18.3. The van der Waals surface area contributed by atoms with E-state index in [-0.39, 0.29) is 0 Å². The van der Waals surface area contributed by atoms with Crippen LogP contribution in [0.25, 0.3) is 0 Å². The van der Waals surface area contributed by atoms with E-state index in [1.807, 2.05) is 6.07 Å². The topological polar surface area (TPSA) is 98.5 Å². The summed E-state index contributed by atoms with van der Waals surface area (Å²) in [6.07, 6.45) is 2.20. The lowest BCUT2D eigenvalue weighted by molar-refractivity contribution is 0.0590. The lowest BCUT2D eigenvalue weighted by Crippen LogP contribution is -2.32. The van der Waals surface area contributed by atoms with Gasteiger partial charge in [0, 0.05) is 11.7 Å². The van der Waals surface area contributed by atoms with Crippen molar-refractivity contribution in [2.45, 2.75) is 30.2 Å². The molecule has 138 valence electrons. The van der Waals surface area contributed by atoms with Crippen molar-refractivity contribution in [2.75, 3.05) is 12.8 Å². The van der Waals surface area contributed by atoms with E-state index < -0.39 is 38.3 Å². The Morgan fingerprint density at radius 3 is 2.81 bits per heavy atom. The van der Waals surface area contributed by atoms with Gasteiger partial charge in [0.15, 0.2) is 0 Å². The average Bonchev–Trinajstić information content (AvgIpc) is 2.60. The third-order valence-electron chi connectivity index (χ3n) is 4.43. The molecule has 1 atom stereocenters. The monoisotopic (exact) mass is 378 g/mol. The molecule has 1 unspecified atom stereocenters. The third kappa shape index (κ3) is 3.42. The van der Waals surface area contributed by atoms with Crippen LogP contribution in [-0.2, 0) is 21.2 Å². The Morgan fingerprint density at radius 1 is 1.31 bits per heavy atom. The van der Waals surface area contributed by atoms with Crippen molar-refractivity contribution in [3.05, 3.63) is 58.9 Å². The Hall–Kier alpha value is -2.45. The van der Waals surface area contributed by atoms with Crippen LogP contribution in [0.1, 0.15) is 40.4 Å². The fourth-order valence-electron chi connectivity index (χ4n) is 3.24. The minimum absolute atomic E-state index is 0.438. The molecule has 0 bridgehead atoms. The van der Waals surface area contributed by atoms with Gasteiger partial charge in [-0.1, -0.05) is 12.1 Å². The zero-order valence-corrected chi connectivity index (χ0v) is 15.0. The van der Waals surface area contributed by atoms with Gasteiger partial charge in [-0.2, -0.15) is 0 Å². The molecule has 6 nitrogen and oxygen atoms in total. The lowest BCUT2D eigenvalue weighted by Gasteiger charge is -2.26. The van der Waals surface area contributed by atoms with Crippen LogP contribution in [0, 0.1) is 5.82 Å². The number of nitrogens with two attached hydrogens (primary N) is 1. The number of nitrogens with one attached hydrogen (secondary N) is 1. The minimum atomic E-state index is -4.14. The van der Waals surface area contributed by atoms with Gasteiger partial charge in [-0.3, -0.25) is 0 Å². The fraction of sp³-hybridized carbons (Fsp3) is 0.278. The third-order valence-corrected chi connectivity index (χ3v) is 5.95. The first-order valence-corrected chi connectivity index (χ1v) is 9.59. The summed E-state index contributed by atoms with van der Waals surface area (Å²) in [5.41, 5.74) is 7.63. The number of methoxy groups -OCH3 is 1. The van der Waals surface area contributed by atoms with E-state index in [2.05, 4.69) is 9.46 Å². The number of fused-ring (bicyclic) bond motifs is 1. The number of carbonyl (C=O) groups excluding carboxylic acids is 1. The number of sulfonamides is 1. The molecule has 0 saturated carbocycles. The fourth-order valence-corrected chi connectivity index (χ4v) is 4.69. The molecule has 1 aliphatic carbocycles. The van der Waals surface area contributed by atoms with E-state index in [4.69, 9.17) is 5.73 Å². The molecule has 26 heavy (non-hydrogen) atoms. The number of rotatable bonds is 4. The number of nitrogen functional groups attached to an aromatic ring is 1. The molecule has 0 amide bonds. The van der Waals surface area contributed by atoms with E-state index >= 15 is 0 Å². The molecule has 3 rings (SSSR count). The first-order chi connectivity index (χ1) is 12.3. The van der Waals surface area contributed by atoms with Gasteiger partial charge in [0.1, 0.15) is 11.4 Å². The molecule has 0 heterocycles. The normalized spacial score (nSPS) is 16.8. The van der Waals surface area contributed by atoms with Crippen molar-refractivity contribution in [3.8, 4) is 0 Å². The second-order valence-electron chi connectivity index (χ2n) is 6.13. The van der Waals surface area contributed by atoms with E-state index in [0.717, 1.165) is 37.1 Å². The Kier molecular flexibility index (Phi) is 4.97. The predicted octanol–water partition coefficient (Wildman–Crippen LogP) is 2.55. The quantitative estimate of drug-likeness (QED) is 0.629. The van der Waals surface area contributed by atoms with Crippen LogP contribution in [0.2, 0.25) is 0 Å². The van der Waals surface area contributed by atoms with E-state index in [1.54, 1.807) is 12.1 Å². The molecule has 0 saturated heterocycles. The van der Waals surface area contributed by atoms with Gasteiger partial charge in [-0.15, -0.1) is 0 Å². The van der Waals surface area contributed by atoms with E-state index in [0.29, 0.717) is 12.1 Å². The molecule has 2 aromatic rings. The number of esters is 1. The maximum atomic E-state index is 14.1. The summed E-state index contributed by atoms with van der Waals surface area (Å²) in [7, 11) is -3.07. The molecule has 2 aromatic carbocycles. The van der Waals surface area contributed by atoms with Gasteiger partial charge >= 0.3 is 5.97 Å². The SMILES string of the molecule is COC(=O)c1c(F)cccc1S(=O)(=O)NC1CCCc2cc(N)ccc21. The van der Waals surface area contributed by atoms with Crippen LogP contribution < -0.4 is 10.5 Å². The molecular formula is C18H19FN2O4S. The molecule has 8 heteroatoms. The van der Waals surface area contributed by atoms with Crippen molar-refractivity contribution in [2.24, 2.45) is 0 Å². The van der Waals surface area contributed by atoms with Gasteiger partial charge in [-0.05, 0) is 54.7 Å². The number of hydrogen-bond acceptors (Lipinski definition) is 5. The average molecular weight is 378 g/mol. The van der Waals surface area contributed by atoms with Gasteiger partial charge in [0.05, 0.1) is 12.0 Å². The Labute approximate surface area is 151 Å². The Bertz CT molecular complexity index is 960. The summed E-state index contributed by atoms with van der Waals surface area (Å²) in [5, 5.41) is 0. The van der Waals surface area contributed by atoms with Crippen LogP contribution in [0.15, 0.2) is 41.3 Å². The van der Waals surface area contributed by atoms with Crippen molar-refractivity contribution in [1.29, 1.82) is 0 Å². The maximum Gasteiger partial charge on any atom is 0.342 e. The molecule has 0 radical (unpaired) electrons. The van der Waals surface area contributed by atoms with Crippen LogP contribution in [0.5, 0.6) is 0 Å². The van der Waals surface area contributed by atoms with Gasteiger partial charge in [0.2, 0.25) is 10.0 Å². The summed E-state index contributed by atoms with van der Waals surface area (Å²) in [6.45, 7) is 0. The van der Waals surface area contributed by atoms with Crippen LogP contribution in [-0.4, -0.2) is 21.5 Å². The second-order valence-corrected chi connectivity index (χ2v) is 7.81. The number of anilines is 1. The van der Waals surface area contributed by atoms with Gasteiger partial charge in [-0.25, -0.2) is 22.3 Å². The highest BCUT2D eigenvalue weighted by Gasteiger charge is 2.30. The van der Waals surface area contributed by atoms with E-state index in [1.165, 1.54) is 12.1 Å². The van der Waals surface area contributed by atoms with Crippen molar-refractivity contribution < 1.29 is 22.3 Å². The first-order valence-electron chi connectivity index (χ1n) is 8.11. The Morgan fingerprint density at radius 2 is 2.08 bits per heavy atom. The predicted molar refractivity (Wildman–Crippen MR) is 94.6 cm³/mol. The zero-order valence-electron chi connectivity index (χ0n) is 14.2. The Balaban J connectivity index is 2.00. The minimum Gasteiger partial charge on any atom is -0.465 e. The smallest absolute Gasteiger partial charge is 0.342 e. The number of benzene rings is 2. The number of halogens is 1. The van der Waals surface area contributed by atoms with Gasteiger partial charge in [0.25, 0.3) is 0 Å². The van der Waals surface area contributed by atoms with Crippen molar-refractivity contribution in [1.82, 2.24) is 4.72 Å². The number of aryl methyl sites for hydroxylation is 1. The largest absolute Gasteiger partial charge is 0.465 e. The molecule has 0 spiro atoms. The van der Waals surface area contributed by atoms with Crippen LogP contribution in [0.3, 0.4) is 0 Å². The highest BCUT2D eigenvalue weighted by molar-refractivity contribution is 7.89. The summed E-state index contributed by atoms with van der Waals surface area (Å²) in [6, 6.07) is 8.31. The molecule has 0 aliphatic heterocycles. The number of ether oxygens (including phenoxy) is 1. The lowest BCUT2D eigenvalue weighted by atomic mass is 9.88. The van der Waals surface area contributed by atoms with Gasteiger partial charge < -0.3 is 10.5 Å². The second kappa shape index (κ2) is 7.05. The molecular weight excluding hydrogens is 359 g/mol. The van der Waals surface area contributed by atoms with Crippen molar-refractivity contribution in [3.63, 3.8) is 0 Å². The molecule has 0 fully saturated rings. The molecule has 1 aliphatic rings. The summed E-state index contributed by atoms with van der Waals surface area (Å²) >= 11 is 0. The van der Waals surface area contributed by atoms with E-state index in [9.17, 15) is 17.6 Å². The maximum absolute atomic E-state index is 14.1. The zero-order chi connectivity index (χ0) is 18.9. The highest BCUT2D eigenvalue weighted by atomic mass is 32.2. The van der Waals surface area contributed by atoms with Crippen molar-refractivity contribution >= 4 is 21.7 Å². The summed E-state index contributed by atoms with van der Waals surface area (Å²) < 4.78 is 46.9. The number of hydrogen-bond donors (Lipinski definition) is 2. The highest BCUT2D eigenvalue weighted by Crippen LogP contribution is 2.32. The summed E-state index contributed by atoms with van der Waals surface area (Å²) in [4.78, 5) is 11.4.